The highest BCUT2D eigenvalue weighted by Gasteiger charge is 2.36. The molecule has 2 amide bonds. The van der Waals surface area contributed by atoms with E-state index in [1.54, 1.807) is 42.5 Å². The van der Waals surface area contributed by atoms with Gasteiger partial charge in [-0.05, 0) is 48.5 Å². The second-order valence-corrected chi connectivity index (χ2v) is 8.94. The molecule has 37 heavy (non-hydrogen) atoms. The van der Waals surface area contributed by atoms with Gasteiger partial charge in [0, 0.05) is 24.2 Å². The van der Waals surface area contributed by atoms with E-state index in [0.29, 0.717) is 31.7 Å². The van der Waals surface area contributed by atoms with Crippen molar-refractivity contribution in [2.75, 3.05) is 17.7 Å². The normalized spacial score (nSPS) is 11.7. The van der Waals surface area contributed by atoms with Crippen molar-refractivity contribution in [3.05, 3.63) is 66.0 Å². The van der Waals surface area contributed by atoms with Crippen molar-refractivity contribution in [3.8, 4) is 17.0 Å². The predicted molar refractivity (Wildman–Crippen MR) is 131 cm³/mol. The molecule has 5 rings (SSSR count). The number of nitrogens with two attached hydrogens (primary N) is 1. The molecule has 0 bridgehead atoms. The Hall–Kier alpha value is -4.52. The third kappa shape index (κ3) is 4.44. The average molecular weight is 527 g/mol. The average Bonchev–Trinajstić information content (AvgIpc) is 3.46. The van der Waals surface area contributed by atoms with Crippen molar-refractivity contribution >= 4 is 49.8 Å². The number of carbonyl (C=O) groups excluding carboxylic acids is 2. The van der Waals surface area contributed by atoms with Crippen LogP contribution < -0.4 is 15.4 Å². The monoisotopic (exact) mass is 526 g/mol. The lowest BCUT2D eigenvalue weighted by Gasteiger charge is -2.14. The summed E-state index contributed by atoms with van der Waals surface area (Å²) in [6.45, 7) is 1.15. The fourth-order valence-electron chi connectivity index (χ4n) is 3.69. The maximum atomic E-state index is 14.0. The van der Waals surface area contributed by atoms with Crippen LogP contribution in [0, 0.1) is 0 Å². The lowest BCUT2D eigenvalue weighted by Crippen LogP contribution is -2.35. The molecular formula is C24H17F3N6O3S. The lowest BCUT2D eigenvalue weighted by molar-refractivity contribution is -0.142. The molecule has 0 aliphatic heterocycles. The van der Waals surface area contributed by atoms with Gasteiger partial charge in [0.15, 0.2) is 17.0 Å². The number of rotatable bonds is 4. The summed E-state index contributed by atoms with van der Waals surface area (Å²) in [5, 5.41) is 3.91. The second kappa shape index (κ2) is 8.85. The van der Waals surface area contributed by atoms with E-state index >= 15 is 0 Å². The molecule has 3 aromatic heterocycles. The molecule has 0 unspecified atom stereocenters. The molecule has 0 saturated heterocycles. The first-order valence-electron chi connectivity index (χ1n) is 10.7. The molecular weight excluding hydrogens is 509 g/mol. The molecule has 5 aromatic rings. The Morgan fingerprint density at radius 2 is 1.78 bits per heavy atom. The highest BCUT2D eigenvalue weighted by atomic mass is 32.1. The molecule has 0 fully saturated rings. The highest BCUT2D eigenvalue weighted by Crippen LogP contribution is 2.34. The van der Waals surface area contributed by atoms with E-state index in [9.17, 15) is 22.8 Å². The van der Waals surface area contributed by atoms with Gasteiger partial charge in [0.2, 0.25) is 11.0 Å². The summed E-state index contributed by atoms with van der Waals surface area (Å²) >= 11 is 1.04. The summed E-state index contributed by atoms with van der Waals surface area (Å²) in [5.74, 6) is -1.10. The van der Waals surface area contributed by atoms with Gasteiger partial charge in [-0.2, -0.15) is 18.3 Å². The molecule has 3 heterocycles. The Morgan fingerprint density at radius 3 is 2.43 bits per heavy atom. The van der Waals surface area contributed by atoms with Gasteiger partial charge in [-0.3, -0.25) is 9.59 Å². The van der Waals surface area contributed by atoms with Crippen LogP contribution in [0.5, 0.6) is 5.75 Å². The molecule has 188 valence electrons. The summed E-state index contributed by atoms with van der Waals surface area (Å²) in [5.41, 5.74) is 5.45. The van der Waals surface area contributed by atoms with Crippen LogP contribution in [0.25, 0.3) is 27.1 Å². The third-order valence-corrected chi connectivity index (χ3v) is 6.44. The number of hydrogen-bond donors (Lipinski definition) is 1. The molecule has 9 nitrogen and oxygen atoms in total. The van der Waals surface area contributed by atoms with Gasteiger partial charge < -0.3 is 10.5 Å². The smallest absolute Gasteiger partial charge is 0.433 e. The van der Waals surface area contributed by atoms with Gasteiger partial charge in [0.1, 0.15) is 5.75 Å². The zero-order valence-electron chi connectivity index (χ0n) is 19.3. The second-order valence-electron chi connectivity index (χ2n) is 7.94. The molecule has 2 aromatic carbocycles. The Labute approximate surface area is 210 Å². The first-order valence-corrected chi connectivity index (χ1v) is 11.5. The van der Waals surface area contributed by atoms with Crippen molar-refractivity contribution in [2.24, 2.45) is 0 Å². The van der Waals surface area contributed by atoms with E-state index in [2.05, 4.69) is 15.1 Å². The van der Waals surface area contributed by atoms with E-state index in [1.807, 2.05) is 0 Å². The summed E-state index contributed by atoms with van der Waals surface area (Å²) in [6.07, 6.45) is -4.80. The Kier molecular flexibility index (Phi) is 5.79. The zero-order valence-corrected chi connectivity index (χ0v) is 20.1. The first kappa shape index (κ1) is 24.2. The van der Waals surface area contributed by atoms with E-state index < -0.39 is 29.4 Å². The fourth-order valence-corrected chi connectivity index (χ4v) is 4.75. The number of carbonyl (C=O) groups is 2. The fraction of sp³-hybridized carbons (Fsp3) is 0.125. The van der Waals surface area contributed by atoms with Crippen LogP contribution in [0.2, 0.25) is 0 Å². The van der Waals surface area contributed by atoms with Gasteiger partial charge in [-0.15, -0.1) is 0 Å². The van der Waals surface area contributed by atoms with Crippen LogP contribution in [-0.2, 0) is 11.0 Å². The summed E-state index contributed by atoms with van der Waals surface area (Å²) < 4.78 is 48.2. The maximum Gasteiger partial charge on any atom is 0.433 e. The van der Waals surface area contributed by atoms with E-state index in [1.165, 1.54) is 7.11 Å². The number of alkyl halides is 3. The Bertz CT molecular complexity index is 1680. The molecule has 0 aliphatic rings. The molecule has 0 atom stereocenters. The Morgan fingerprint density at radius 1 is 1.05 bits per heavy atom. The van der Waals surface area contributed by atoms with Gasteiger partial charge in [0.25, 0.3) is 5.91 Å². The van der Waals surface area contributed by atoms with Gasteiger partial charge in [-0.25, -0.2) is 19.4 Å². The predicted octanol–water partition coefficient (Wildman–Crippen LogP) is 4.81. The summed E-state index contributed by atoms with van der Waals surface area (Å²) in [6, 6.07) is 13.2. The number of anilines is 2. The van der Waals surface area contributed by atoms with E-state index in [4.69, 9.17) is 10.5 Å². The number of fused-ring (bicyclic) bond motifs is 2. The first-order chi connectivity index (χ1) is 17.5. The standard InChI is InChI=1S/C24H17F3N6O3S/c1-12(34)32(23-30-16-8-5-14(28)9-19(16)37-23)22(35)18-11-21-29-17(13-3-6-15(36-2)7-4-13)10-20(24(25,26)27)33(21)31-18/h3-11H,28H2,1-2H3. The minimum Gasteiger partial charge on any atom is -0.497 e. The molecule has 2 N–H and O–H groups in total. The van der Waals surface area contributed by atoms with Crippen molar-refractivity contribution in [3.63, 3.8) is 0 Å². The molecule has 0 saturated carbocycles. The maximum absolute atomic E-state index is 14.0. The quantitative estimate of drug-likeness (QED) is 0.334. The molecule has 0 spiro atoms. The van der Waals surface area contributed by atoms with Crippen molar-refractivity contribution in [2.45, 2.75) is 13.1 Å². The largest absolute Gasteiger partial charge is 0.497 e. The number of amides is 2. The SMILES string of the molecule is COc1ccc(-c2cc(C(F)(F)F)n3nc(C(=O)N(C(C)=O)c4nc5ccc(N)cc5s4)cc3n2)cc1. The number of imide groups is 1. The van der Waals surface area contributed by atoms with E-state index in [0.717, 1.165) is 35.3 Å². The number of benzene rings is 2. The Balaban J connectivity index is 1.61. The summed E-state index contributed by atoms with van der Waals surface area (Å²) in [4.78, 5) is 35.1. The number of nitrogens with zero attached hydrogens (tertiary/aromatic N) is 5. The van der Waals surface area contributed by atoms with Crippen LogP contribution in [0.1, 0.15) is 23.1 Å². The van der Waals surface area contributed by atoms with Gasteiger partial charge in [-0.1, -0.05) is 11.3 Å². The van der Waals surface area contributed by atoms with Crippen molar-refractivity contribution in [1.29, 1.82) is 0 Å². The number of nitrogen functional groups attached to an aromatic ring is 1. The van der Waals surface area contributed by atoms with Crippen LogP contribution in [0.3, 0.4) is 0 Å². The number of halogens is 3. The van der Waals surface area contributed by atoms with E-state index in [-0.39, 0.29) is 16.5 Å². The minimum absolute atomic E-state index is 0.0218. The number of methoxy groups -OCH3 is 1. The van der Waals surface area contributed by atoms with Crippen molar-refractivity contribution in [1.82, 2.24) is 19.6 Å². The van der Waals surface area contributed by atoms with Crippen molar-refractivity contribution < 1.29 is 27.5 Å². The molecule has 0 aliphatic carbocycles. The highest BCUT2D eigenvalue weighted by molar-refractivity contribution is 7.22. The number of hydrogen-bond acceptors (Lipinski definition) is 8. The van der Waals surface area contributed by atoms with Crippen LogP contribution in [-0.4, -0.2) is 38.5 Å². The topological polar surface area (TPSA) is 116 Å². The van der Waals surface area contributed by atoms with Crippen LogP contribution >= 0.6 is 11.3 Å². The number of aromatic nitrogens is 4. The number of ether oxygens (including phenoxy) is 1. The third-order valence-electron chi connectivity index (χ3n) is 5.43. The van der Waals surface area contributed by atoms with Gasteiger partial charge in [0.05, 0.1) is 23.0 Å². The minimum atomic E-state index is -4.80. The van der Waals surface area contributed by atoms with Crippen LogP contribution in [0.4, 0.5) is 24.0 Å². The van der Waals surface area contributed by atoms with Gasteiger partial charge >= 0.3 is 6.18 Å². The summed E-state index contributed by atoms with van der Waals surface area (Å²) in [7, 11) is 1.47. The molecule has 13 heteroatoms. The van der Waals surface area contributed by atoms with Crippen LogP contribution in [0.15, 0.2) is 54.6 Å². The zero-order chi connectivity index (χ0) is 26.5. The molecule has 0 radical (unpaired) electrons. The lowest BCUT2D eigenvalue weighted by atomic mass is 10.1. The number of thiazole rings is 1.